The van der Waals surface area contributed by atoms with Crippen LogP contribution in [0.3, 0.4) is 0 Å². The molecule has 1 atom stereocenters. The van der Waals surface area contributed by atoms with Crippen LogP contribution in [0.2, 0.25) is 0 Å². The Balaban J connectivity index is 1.86. The predicted molar refractivity (Wildman–Crippen MR) is 107 cm³/mol. The molecule has 2 heterocycles. The number of carbonyl (C=O) groups excluding carboxylic acids is 1. The lowest BCUT2D eigenvalue weighted by Crippen LogP contribution is -2.34. The molecule has 0 radical (unpaired) electrons. The van der Waals surface area contributed by atoms with Crippen LogP contribution in [-0.4, -0.2) is 20.3 Å². The third-order valence-corrected chi connectivity index (χ3v) is 5.07. The zero-order valence-electron chi connectivity index (χ0n) is 16.5. The number of rotatable bonds is 5. The van der Waals surface area contributed by atoms with E-state index < -0.39 is 0 Å². The van der Waals surface area contributed by atoms with Gasteiger partial charge in [-0.2, -0.15) is 5.10 Å². The largest absolute Gasteiger partial charge is 0.348 e. The average molecular weight is 366 g/mol. The van der Waals surface area contributed by atoms with Crippen LogP contribution in [0.4, 0.5) is 0 Å². The Hall–Kier alpha value is -2.89. The van der Waals surface area contributed by atoms with Gasteiger partial charge in [-0.3, -0.25) is 18.8 Å². The van der Waals surface area contributed by atoms with Crippen molar-refractivity contribution in [1.29, 1.82) is 0 Å². The highest BCUT2D eigenvalue weighted by Crippen LogP contribution is 2.21. The Morgan fingerprint density at radius 3 is 2.59 bits per heavy atom. The van der Waals surface area contributed by atoms with Crippen LogP contribution in [-0.2, 0) is 17.9 Å². The number of nitrogens with one attached hydrogen (secondary N) is 1. The van der Waals surface area contributed by atoms with Gasteiger partial charge in [0.25, 0.3) is 5.56 Å². The summed E-state index contributed by atoms with van der Waals surface area (Å²) in [6, 6.07) is 9.06. The van der Waals surface area contributed by atoms with Gasteiger partial charge in [-0.25, -0.2) is 0 Å². The molecule has 6 nitrogen and oxygen atoms in total. The van der Waals surface area contributed by atoms with E-state index in [1.165, 1.54) is 4.57 Å². The van der Waals surface area contributed by atoms with Gasteiger partial charge in [-0.05, 0) is 46.2 Å². The molecule has 6 heteroatoms. The highest BCUT2D eigenvalue weighted by molar-refractivity contribution is 5.84. The minimum Gasteiger partial charge on any atom is -0.348 e. The Morgan fingerprint density at radius 1 is 1.22 bits per heavy atom. The molecule has 142 valence electrons. The summed E-state index contributed by atoms with van der Waals surface area (Å²) in [4.78, 5) is 25.1. The summed E-state index contributed by atoms with van der Waals surface area (Å²) in [5, 5.41) is 8.51. The first kappa shape index (κ1) is 18.9. The number of hydrogen-bond acceptors (Lipinski definition) is 3. The summed E-state index contributed by atoms with van der Waals surface area (Å²) < 4.78 is 3.46. The number of para-hydroxylation sites is 1. The van der Waals surface area contributed by atoms with Crippen LogP contribution < -0.4 is 10.9 Å². The van der Waals surface area contributed by atoms with Crippen molar-refractivity contribution in [2.24, 2.45) is 0 Å². The van der Waals surface area contributed by atoms with Crippen molar-refractivity contribution in [2.75, 3.05) is 0 Å². The van der Waals surface area contributed by atoms with E-state index in [4.69, 9.17) is 0 Å². The van der Waals surface area contributed by atoms with Crippen molar-refractivity contribution in [3.8, 4) is 0 Å². The zero-order valence-corrected chi connectivity index (χ0v) is 16.5. The molecule has 2 aromatic heterocycles. The van der Waals surface area contributed by atoms with E-state index in [1.54, 1.807) is 6.07 Å². The van der Waals surface area contributed by atoms with Crippen LogP contribution in [0.1, 0.15) is 42.4 Å². The molecule has 0 aliphatic carbocycles. The van der Waals surface area contributed by atoms with Crippen LogP contribution in [0.25, 0.3) is 10.9 Å². The van der Waals surface area contributed by atoms with Gasteiger partial charge in [0.05, 0.1) is 17.3 Å². The van der Waals surface area contributed by atoms with Crippen molar-refractivity contribution < 1.29 is 4.79 Å². The maximum atomic E-state index is 12.7. The second kappa shape index (κ2) is 7.39. The van der Waals surface area contributed by atoms with Crippen LogP contribution >= 0.6 is 0 Å². The van der Waals surface area contributed by atoms with Crippen molar-refractivity contribution in [2.45, 2.75) is 53.8 Å². The Morgan fingerprint density at radius 2 is 1.93 bits per heavy atom. The third-order valence-electron chi connectivity index (χ3n) is 5.07. The lowest BCUT2D eigenvalue weighted by atomic mass is 10.1. The van der Waals surface area contributed by atoms with Gasteiger partial charge in [0.1, 0.15) is 6.54 Å². The van der Waals surface area contributed by atoms with E-state index in [0.29, 0.717) is 0 Å². The molecule has 0 bridgehead atoms. The highest BCUT2D eigenvalue weighted by Gasteiger charge is 2.19. The van der Waals surface area contributed by atoms with Crippen molar-refractivity contribution in [1.82, 2.24) is 19.7 Å². The topological polar surface area (TPSA) is 68.9 Å². The summed E-state index contributed by atoms with van der Waals surface area (Å²) in [5.41, 5.74) is 4.53. The fraction of sp³-hybridized carbons (Fsp3) is 0.381. The first-order valence-electron chi connectivity index (χ1n) is 9.26. The second-order valence-electron chi connectivity index (χ2n) is 6.96. The number of carbonyl (C=O) groups is 1. The van der Waals surface area contributed by atoms with E-state index >= 15 is 0 Å². The summed E-state index contributed by atoms with van der Waals surface area (Å²) in [5.74, 6) is -0.193. The maximum absolute atomic E-state index is 12.7. The molecule has 0 aliphatic rings. The Labute approximate surface area is 158 Å². The molecule has 3 aromatic rings. The van der Waals surface area contributed by atoms with Crippen molar-refractivity contribution in [3.63, 3.8) is 0 Å². The van der Waals surface area contributed by atoms with E-state index in [0.717, 1.165) is 40.0 Å². The van der Waals surface area contributed by atoms with E-state index in [-0.39, 0.29) is 24.1 Å². The molecule has 1 aromatic carbocycles. The number of fused-ring (bicyclic) bond motifs is 1. The molecule has 1 unspecified atom stereocenters. The standard InChI is InChI=1S/C21H26N4O2/c1-6-25-16(5)21(15(4)23-25)14(3)22-19(26)12-24-18-10-8-7-9-17(18)13(2)11-20(24)27/h7-11,14H,6,12H2,1-5H3,(H,22,26). The van der Waals surface area contributed by atoms with Gasteiger partial charge in [0.15, 0.2) is 0 Å². The Bertz CT molecular complexity index is 1060. The van der Waals surface area contributed by atoms with E-state index in [2.05, 4.69) is 10.4 Å². The molecule has 1 amide bonds. The predicted octanol–water partition coefficient (Wildman–Crippen LogP) is 3.02. The summed E-state index contributed by atoms with van der Waals surface area (Å²) in [6.07, 6.45) is 0. The smallest absolute Gasteiger partial charge is 0.251 e. The normalized spacial score (nSPS) is 12.3. The van der Waals surface area contributed by atoms with Crippen LogP contribution in [0.15, 0.2) is 35.1 Å². The molecule has 0 fully saturated rings. The number of benzene rings is 1. The van der Waals surface area contributed by atoms with Gasteiger partial charge in [0, 0.05) is 29.3 Å². The number of pyridine rings is 1. The summed E-state index contributed by atoms with van der Waals surface area (Å²) >= 11 is 0. The molecule has 0 spiro atoms. The minimum absolute atomic E-state index is 0.00994. The zero-order chi connectivity index (χ0) is 19.7. The summed E-state index contributed by atoms with van der Waals surface area (Å²) in [7, 11) is 0. The molecule has 0 saturated carbocycles. The molecule has 27 heavy (non-hydrogen) atoms. The van der Waals surface area contributed by atoms with Gasteiger partial charge in [-0.1, -0.05) is 18.2 Å². The molecule has 3 rings (SSSR count). The average Bonchev–Trinajstić information content (AvgIpc) is 2.92. The number of aryl methyl sites for hydroxylation is 3. The second-order valence-corrected chi connectivity index (χ2v) is 6.96. The molecular formula is C21H26N4O2. The maximum Gasteiger partial charge on any atom is 0.251 e. The van der Waals surface area contributed by atoms with Crippen molar-refractivity contribution in [3.05, 3.63) is 63.2 Å². The van der Waals surface area contributed by atoms with E-state index in [1.807, 2.05) is 63.6 Å². The number of amides is 1. The number of hydrogen-bond donors (Lipinski definition) is 1. The number of nitrogens with zero attached hydrogens (tertiary/aromatic N) is 3. The van der Waals surface area contributed by atoms with Crippen LogP contribution in [0, 0.1) is 20.8 Å². The quantitative estimate of drug-likeness (QED) is 0.755. The third kappa shape index (κ3) is 3.52. The van der Waals surface area contributed by atoms with Gasteiger partial charge < -0.3 is 5.32 Å². The SMILES string of the molecule is CCn1nc(C)c(C(C)NC(=O)Cn2c(=O)cc(C)c3ccccc32)c1C. The summed E-state index contributed by atoms with van der Waals surface area (Å²) in [6.45, 7) is 10.6. The number of aromatic nitrogens is 3. The first-order valence-corrected chi connectivity index (χ1v) is 9.26. The molecule has 0 saturated heterocycles. The Kier molecular flexibility index (Phi) is 5.17. The lowest BCUT2D eigenvalue weighted by molar-refractivity contribution is -0.122. The van der Waals surface area contributed by atoms with Gasteiger partial charge in [-0.15, -0.1) is 0 Å². The fourth-order valence-electron chi connectivity index (χ4n) is 3.81. The first-order chi connectivity index (χ1) is 12.8. The van der Waals surface area contributed by atoms with Gasteiger partial charge in [0.2, 0.25) is 5.91 Å². The van der Waals surface area contributed by atoms with Gasteiger partial charge >= 0.3 is 0 Å². The highest BCUT2D eigenvalue weighted by atomic mass is 16.2. The van der Waals surface area contributed by atoms with E-state index in [9.17, 15) is 9.59 Å². The molecular weight excluding hydrogens is 340 g/mol. The monoisotopic (exact) mass is 366 g/mol. The lowest BCUT2D eigenvalue weighted by Gasteiger charge is -2.17. The molecule has 1 N–H and O–H groups in total. The molecule has 0 aliphatic heterocycles. The van der Waals surface area contributed by atoms with Crippen LogP contribution in [0.5, 0.6) is 0 Å². The van der Waals surface area contributed by atoms with Crippen molar-refractivity contribution >= 4 is 16.8 Å². The minimum atomic E-state index is -0.193. The fourth-order valence-corrected chi connectivity index (χ4v) is 3.81.